The van der Waals surface area contributed by atoms with Crippen molar-refractivity contribution in [1.29, 1.82) is 5.26 Å². The average molecular weight is 351 g/mol. The molecule has 1 N–H and O–H groups in total. The van der Waals surface area contributed by atoms with Gasteiger partial charge < -0.3 is 5.32 Å². The number of imide groups is 1. The van der Waals surface area contributed by atoms with Crippen molar-refractivity contribution in [2.45, 2.75) is 38.8 Å². The van der Waals surface area contributed by atoms with Gasteiger partial charge in [0.25, 0.3) is 5.91 Å². The van der Waals surface area contributed by atoms with Crippen LogP contribution in [0.25, 0.3) is 11.3 Å². The van der Waals surface area contributed by atoms with Gasteiger partial charge in [0.2, 0.25) is 0 Å². The third-order valence-corrected chi connectivity index (χ3v) is 4.62. The lowest BCUT2D eigenvalue weighted by Crippen LogP contribution is -2.43. The molecule has 1 saturated heterocycles. The van der Waals surface area contributed by atoms with E-state index >= 15 is 0 Å². The predicted octanol–water partition coefficient (Wildman–Crippen LogP) is 2.57. The molecule has 1 unspecified atom stereocenters. The molecular formula is C19H21N5O2. The number of benzene rings is 1. The van der Waals surface area contributed by atoms with E-state index in [1.807, 2.05) is 25.3 Å². The van der Waals surface area contributed by atoms with Gasteiger partial charge in [-0.25, -0.2) is 4.79 Å². The summed E-state index contributed by atoms with van der Waals surface area (Å²) in [6, 6.07) is 8.79. The van der Waals surface area contributed by atoms with Crippen molar-refractivity contribution in [3.8, 4) is 17.3 Å². The number of urea groups is 1. The molecule has 26 heavy (non-hydrogen) atoms. The van der Waals surface area contributed by atoms with Crippen LogP contribution < -0.4 is 5.32 Å². The van der Waals surface area contributed by atoms with E-state index in [0.717, 1.165) is 17.5 Å². The first-order valence-electron chi connectivity index (χ1n) is 8.55. The lowest BCUT2D eigenvalue weighted by Gasteiger charge is -2.20. The quantitative estimate of drug-likeness (QED) is 0.838. The van der Waals surface area contributed by atoms with Crippen molar-refractivity contribution < 1.29 is 9.59 Å². The van der Waals surface area contributed by atoms with Crippen LogP contribution in [0.4, 0.5) is 4.79 Å². The van der Waals surface area contributed by atoms with Crippen molar-refractivity contribution in [2.75, 3.05) is 0 Å². The van der Waals surface area contributed by atoms with Gasteiger partial charge in [0.05, 0.1) is 23.9 Å². The van der Waals surface area contributed by atoms with Crippen LogP contribution in [0.1, 0.15) is 37.8 Å². The second-order valence-corrected chi connectivity index (χ2v) is 6.77. The number of rotatable bonds is 5. The summed E-state index contributed by atoms with van der Waals surface area (Å²) in [6.45, 7) is 3.91. The molecule has 0 spiro atoms. The van der Waals surface area contributed by atoms with Gasteiger partial charge in [-0.3, -0.25) is 14.4 Å². The van der Waals surface area contributed by atoms with Crippen molar-refractivity contribution >= 4 is 11.9 Å². The van der Waals surface area contributed by atoms with E-state index in [0.29, 0.717) is 17.7 Å². The maximum absolute atomic E-state index is 12.7. The van der Waals surface area contributed by atoms with Crippen molar-refractivity contribution in [3.05, 3.63) is 41.6 Å². The van der Waals surface area contributed by atoms with E-state index in [4.69, 9.17) is 5.26 Å². The van der Waals surface area contributed by atoms with E-state index in [1.54, 1.807) is 30.8 Å². The van der Waals surface area contributed by atoms with E-state index in [1.165, 1.54) is 4.90 Å². The molecular weight excluding hydrogens is 330 g/mol. The van der Waals surface area contributed by atoms with Crippen LogP contribution in [0, 0.1) is 11.3 Å². The summed E-state index contributed by atoms with van der Waals surface area (Å²) in [5, 5.41) is 16.2. The number of nitrogens with zero attached hydrogens (tertiary/aromatic N) is 4. The summed E-state index contributed by atoms with van der Waals surface area (Å²) in [6.07, 6.45) is 3.22. The van der Waals surface area contributed by atoms with Crippen molar-refractivity contribution in [3.63, 3.8) is 0 Å². The Labute approximate surface area is 152 Å². The van der Waals surface area contributed by atoms with E-state index < -0.39 is 5.54 Å². The molecule has 0 radical (unpaired) electrons. The van der Waals surface area contributed by atoms with Gasteiger partial charge in [-0.1, -0.05) is 25.5 Å². The summed E-state index contributed by atoms with van der Waals surface area (Å²) in [5.41, 5.74) is 2.03. The minimum absolute atomic E-state index is 0.160. The topological polar surface area (TPSA) is 91.0 Å². The lowest BCUT2D eigenvalue weighted by atomic mass is 9.96. The fourth-order valence-corrected chi connectivity index (χ4v) is 3.33. The van der Waals surface area contributed by atoms with Crippen LogP contribution >= 0.6 is 0 Å². The number of carbonyl (C=O) groups is 2. The third-order valence-electron chi connectivity index (χ3n) is 4.62. The van der Waals surface area contributed by atoms with Crippen molar-refractivity contribution in [2.24, 2.45) is 7.05 Å². The van der Waals surface area contributed by atoms with Gasteiger partial charge in [0.1, 0.15) is 5.54 Å². The number of amides is 3. The first-order chi connectivity index (χ1) is 12.4. The van der Waals surface area contributed by atoms with Crippen LogP contribution in [0.3, 0.4) is 0 Å². The minimum atomic E-state index is -0.845. The van der Waals surface area contributed by atoms with Gasteiger partial charge in [0.15, 0.2) is 0 Å². The molecule has 1 aromatic heterocycles. The molecule has 1 fully saturated rings. The number of carbonyl (C=O) groups excluding carboxylic acids is 2. The van der Waals surface area contributed by atoms with Crippen LogP contribution in [0.5, 0.6) is 0 Å². The molecule has 1 aliphatic rings. The predicted molar refractivity (Wildman–Crippen MR) is 95.8 cm³/mol. The molecule has 2 aromatic rings. The van der Waals surface area contributed by atoms with Gasteiger partial charge in [-0.05, 0) is 25.5 Å². The van der Waals surface area contributed by atoms with Gasteiger partial charge in [-0.2, -0.15) is 10.4 Å². The molecule has 0 bridgehead atoms. The Balaban J connectivity index is 1.90. The Kier molecular flexibility index (Phi) is 4.51. The van der Waals surface area contributed by atoms with Crippen molar-refractivity contribution in [1.82, 2.24) is 20.0 Å². The van der Waals surface area contributed by atoms with Gasteiger partial charge in [0, 0.05) is 24.4 Å². The Morgan fingerprint density at radius 1 is 1.27 bits per heavy atom. The third kappa shape index (κ3) is 3.06. The highest BCUT2D eigenvalue weighted by Gasteiger charge is 2.47. The molecule has 1 atom stereocenters. The lowest BCUT2D eigenvalue weighted by molar-refractivity contribution is -0.131. The average Bonchev–Trinajstić information content (AvgIpc) is 3.08. The number of nitriles is 1. The molecule has 3 rings (SSSR count). The standard InChI is InChI=1S/C19H21N5O2/c1-4-9-19(2)17(25)24(18(26)21-19)12-15-11-23(3)22-16(15)14-7-5-13(10-20)6-8-14/h5-8,11H,4,9,12H2,1-3H3,(H,21,26). The van der Waals surface area contributed by atoms with Crippen LogP contribution in [-0.4, -0.2) is 32.2 Å². The van der Waals surface area contributed by atoms with Crippen LogP contribution in [0.2, 0.25) is 0 Å². The maximum atomic E-state index is 12.7. The molecule has 7 heteroatoms. The molecule has 3 amide bonds. The maximum Gasteiger partial charge on any atom is 0.325 e. The largest absolute Gasteiger partial charge is 0.325 e. The van der Waals surface area contributed by atoms with Crippen LogP contribution in [0.15, 0.2) is 30.5 Å². The molecule has 1 aromatic carbocycles. The zero-order chi connectivity index (χ0) is 18.9. The fourth-order valence-electron chi connectivity index (χ4n) is 3.33. The Morgan fingerprint density at radius 3 is 2.58 bits per heavy atom. The molecule has 0 aliphatic carbocycles. The molecule has 0 saturated carbocycles. The summed E-state index contributed by atoms with van der Waals surface area (Å²) in [7, 11) is 1.80. The molecule has 2 heterocycles. The van der Waals surface area contributed by atoms with Gasteiger partial charge >= 0.3 is 6.03 Å². The minimum Gasteiger partial charge on any atom is -0.323 e. The highest BCUT2D eigenvalue weighted by atomic mass is 16.2. The highest BCUT2D eigenvalue weighted by molar-refractivity contribution is 6.06. The Morgan fingerprint density at radius 2 is 1.96 bits per heavy atom. The highest BCUT2D eigenvalue weighted by Crippen LogP contribution is 2.28. The van der Waals surface area contributed by atoms with Gasteiger partial charge in [-0.15, -0.1) is 0 Å². The number of nitrogens with one attached hydrogen (secondary N) is 1. The molecule has 134 valence electrons. The second-order valence-electron chi connectivity index (χ2n) is 6.77. The summed E-state index contributed by atoms with van der Waals surface area (Å²) in [4.78, 5) is 26.3. The normalized spacial score (nSPS) is 19.5. The number of hydrogen-bond donors (Lipinski definition) is 1. The molecule has 1 aliphatic heterocycles. The Hall–Kier alpha value is -3.14. The number of hydrogen-bond acceptors (Lipinski definition) is 4. The van der Waals surface area contributed by atoms with E-state index in [-0.39, 0.29) is 18.5 Å². The SMILES string of the molecule is CCCC1(C)NC(=O)N(Cc2cn(C)nc2-c2ccc(C#N)cc2)C1=O. The zero-order valence-electron chi connectivity index (χ0n) is 15.1. The summed E-state index contributed by atoms with van der Waals surface area (Å²) in [5.74, 6) is -0.209. The summed E-state index contributed by atoms with van der Waals surface area (Å²) >= 11 is 0. The monoisotopic (exact) mass is 351 g/mol. The second kappa shape index (κ2) is 6.64. The van der Waals surface area contributed by atoms with E-state index in [2.05, 4.69) is 16.5 Å². The number of aromatic nitrogens is 2. The zero-order valence-corrected chi connectivity index (χ0v) is 15.1. The molecule has 7 nitrogen and oxygen atoms in total. The summed E-state index contributed by atoms with van der Waals surface area (Å²) < 4.78 is 1.66. The number of aryl methyl sites for hydroxylation is 1. The first-order valence-corrected chi connectivity index (χ1v) is 8.55. The first kappa shape index (κ1) is 17.7. The smallest absolute Gasteiger partial charge is 0.323 e. The Bertz CT molecular complexity index is 894. The van der Waals surface area contributed by atoms with E-state index in [9.17, 15) is 9.59 Å². The van der Waals surface area contributed by atoms with Crippen LogP contribution in [-0.2, 0) is 18.4 Å². The fraction of sp³-hybridized carbons (Fsp3) is 0.368.